The lowest BCUT2D eigenvalue weighted by molar-refractivity contribution is -0.120. The van der Waals surface area contributed by atoms with Crippen LogP contribution in [0.1, 0.15) is 36.6 Å². The van der Waals surface area contributed by atoms with Crippen molar-refractivity contribution in [2.45, 2.75) is 31.5 Å². The highest BCUT2D eigenvalue weighted by atomic mass is 32.2. The summed E-state index contributed by atoms with van der Waals surface area (Å²) in [7, 11) is 0.488. The molecule has 1 saturated heterocycles. The number of aliphatic hydroxyl groups is 1. The van der Waals surface area contributed by atoms with Crippen LogP contribution in [-0.4, -0.2) is 51.0 Å². The van der Waals surface area contributed by atoms with E-state index in [0.29, 0.717) is 28.3 Å². The van der Waals surface area contributed by atoms with Crippen molar-refractivity contribution in [3.05, 3.63) is 53.6 Å². The van der Waals surface area contributed by atoms with Gasteiger partial charge in [0.2, 0.25) is 5.91 Å². The Labute approximate surface area is 182 Å². The molecule has 10 heteroatoms. The quantitative estimate of drug-likeness (QED) is 0.621. The Morgan fingerprint density at radius 3 is 2.55 bits per heavy atom. The minimum Gasteiger partial charge on any atom is -0.493 e. The van der Waals surface area contributed by atoms with Gasteiger partial charge >= 0.3 is 0 Å². The van der Waals surface area contributed by atoms with Gasteiger partial charge in [0.25, 0.3) is 10.2 Å². The van der Waals surface area contributed by atoms with Gasteiger partial charge in [-0.05, 0) is 48.7 Å². The Morgan fingerprint density at radius 1 is 1.19 bits per heavy atom. The van der Waals surface area contributed by atoms with Gasteiger partial charge in [0.05, 0.1) is 26.4 Å². The average Bonchev–Trinajstić information content (AvgIpc) is 2.74. The summed E-state index contributed by atoms with van der Waals surface area (Å²) in [6, 6.07) is 10.4. The monoisotopic (exact) mass is 449 g/mol. The van der Waals surface area contributed by atoms with Gasteiger partial charge in [0.15, 0.2) is 11.5 Å². The summed E-state index contributed by atoms with van der Waals surface area (Å²) < 4.78 is 39.6. The summed E-state index contributed by atoms with van der Waals surface area (Å²) in [5.74, 6) is 0.532. The normalized spacial score (nSPS) is 21.8. The van der Waals surface area contributed by atoms with Crippen LogP contribution in [0.15, 0.2) is 42.5 Å². The van der Waals surface area contributed by atoms with Crippen molar-refractivity contribution in [1.82, 2.24) is 9.03 Å². The van der Waals surface area contributed by atoms with Crippen molar-refractivity contribution in [3.8, 4) is 11.5 Å². The predicted octanol–water partition coefficient (Wildman–Crippen LogP) is 1.98. The molecule has 31 heavy (non-hydrogen) atoms. The van der Waals surface area contributed by atoms with Crippen LogP contribution in [0.4, 0.5) is 5.69 Å². The number of amides is 1. The molecule has 2 aromatic carbocycles. The van der Waals surface area contributed by atoms with Crippen LogP contribution in [0.25, 0.3) is 0 Å². The third-order valence-electron chi connectivity index (χ3n) is 5.32. The summed E-state index contributed by atoms with van der Waals surface area (Å²) in [6.45, 7) is 1.63. The molecular weight excluding hydrogens is 422 g/mol. The van der Waals surface area contributed by atoms with Gasteiger partial charge < -0.3 is 19.9 Å². The van der Waals surface area contributed by atoms with Crippen molar-refractivity contribution in [2.75, 3.05) is 26.6 Å². The molecule has 1 fully saturated rings. The number of hydrogen-bond acceptors (Lipinski definition) is 6. The van der Waals surface area contributed by atoms with E-state index in [-0.39, 0.29) is 6.42 Å². The predicted molar refractivity (Wildman–Crippen MR) is 116 cm³/mol. The third-order valence-corrected chi connectivity index (χ3v) is 6.91. The largest absolute Gasteiger partial charge is 0.493 e. The van der Waals surface area contributed by atoms with E-state index in [2.05, 4.69) is 10.0 Å². The number of methoxy groups -OCH3 is 2. The van der Waals surface area contributed by atoms with Gasteiger partial charge in [-0.1, -0.05) is 18.2 Å². The number of hydrogen-bond donors (Lipinski definition) is 3. The Bertz CT molecular complexity index is 1060. The molecule has 0 spiro atoms. The molecule has 2 aromatic rings. The van der Waals surface area contributed by atoms with E-state index in [0.717, 1.165) is 4.31 Å². The molecule has 1 aliphatic rings. The molecule has 0 aromatic heterocycles. The molecule has 3 atom stereocenters. The number of aliphatic hydroxyl groups excluding tert-OH is 1. The van der Waals surface area contributed by atoms with Gasteiger partial charge in [-0.25, -0.2) is 0 Å². The number of carbonyl (C=O) groups is 1. The number of rotatable bonds is 6. The lowest BCUT2D eigenvalue weighted by Gasteiger charge is -2.36. The van der Waals surface area contributed by atoms with Crippen molar-refractivity contribution in [2.24, 2.45) is 0 Å². The van der Waals surface area contributed by atoms with Gasteiger partial charge in [0, 0.05) is 12.7 Å². The maximum absolute atomic E-state index is 13.0. The fourth-order valence-corrected chi connectivity index (χ4v) is 4.77. The molecule has 0 bridgehead atoms. The van der Waals surface area contributed by atoms with E-state index in [1.54, 1.807) is 49.4 Å². The first-order valence-electron chi connectivity index (χ1n) is 9.72. The van der Waals surface area contributed by atoms with E-state index in [1.807, 2.05) is 0 Å². The van der Waals surface area contributed by atoms with Crippen LogP contribution < -0.4 is 19.5 Å². The van der Waals surface area contributed by atoms with Crippen molar-refractivity contribution in [1.29, 1.82) is 0 Å². The molecule has 3 N–H and O–H groups in total. The number of benzene rings is 2. The number of nitrogens with one attached hydrogen (secondary N) is 2. The van der Waals surface area contributed by atoms with Crippen LogP contribution in [0.3, 0.4) is 0 Å². The van der Waals surface area contributed by atoms with Gasteiger partial charge in [-0.2, -0.15) is 17.4 Å². The Morgan fingerprint density at radius 2 is 1.90 bits per heavy atom. The van der Waals surface area contributed by atoms with Crippen molar-refractivity contribution in [3.63, 3.8) is 0 Å². The molecule has 3 rings (SSSR count). The average molecular weight is 450 g/mol. The fraction of sp³-hybridized carbons (Fsp3) is 0.381. The van der Waals surface area contributed by atoms with Gasteiger partial charge in [0.1, 0.15) is 6.04 Å². The highest BCUT2D eigenvalue weighted by Crippen LogP contribution is 2.34. The first-order valence-corrected chi connectivity index (χ1v) is 11.2. The van der Waals surface area contributed by atoms with Gasteiger partial charge in [-0.15, -0.1) is 0 Å². The molecule has 1 aliphatic heterocycles. The zero-order chi connectivity index (χ0) is 22.8. The summed E-state index contributed by atoms with van der Waals surface area (Å²) >= 11 is 0. The Balaban J connectivity index is 1.86. The standard InChI is InChI=1S/C21H27N3O6S/c1-13(25)14-6-5-7-16(10-14)22-21(26)18-12-17(23-31(27,28)24(18)2)15-8-9-19(29-3)20(11-15)30-4/h5-11,13,17-18,23,25H,12H2,1-4H3,(H,22,26)/t13-,17-,18+/m0/s1. The highest BCUT2D eigenvalue weighted by Gasteiger charge is 2.40. The van der Waals surface area contributed by atoms with E-state index in [1.165, 1.54) is 21.3 Å². The van der Waals surface area contributed by atoms with Crippen LogP contribution >= 0.6 is 0 Å². The summed E-state index contributed by atoms with van der Waals surface area (Å²) in [5, 5.41) is 12.5. The second kappa shape index (κ2) is 9.23. The molecule has 0 aliphatic carbocycles. The Hall–Kier alpha value is -2.66. The van der Waals surface area contributed by atoms with E-state index in [4.69, 9.17) is 9.47 Å². The zero-order valence-electron chi connectivity index (χ0n) is 17.8. The maximum atomic E-state index is 13.0. The highest BCUT2D eigenvalue weighted by molar-refractivity contribution is 7.87. The van der Waals surface area contributed by atoms with E-state index < -0.39 is 34.3 Å². The molecule has 168 valence electrons. The smallest absolute Gasteiger partial charge is 0.280 e. The first kappa shape index (κ1) is 23.0. The van der Waals surface area contributed by atoms with Crippen molar-refractivity contribution < 1.29 is 27.8 Å². The molecule has 0 saturated carbocycles. The number of anilines is 1. The second-order valence-electron chi connectivity index (χ2n) is 7.35. The molecule has 0 radical (unpaired) electrons. The van der Waals surface area contributed by atoms with Crippen LogP contribution in [-0.2, 0) is 15.0 Å². The number of likely N-dealkylation sites (N-methyl/N-ethyl adjacent to an activating group) is 1. The van der Waals surface area contributed by atoms with E-state index >= 15 is 0 Å². The maximum Gasteiger partial charge on any atom is 0.280 e. The molecule has 0 unspecified atom stereocenters. The Kier molecular flexibility index (Phi) is 6.85. The fourth-order valence-electron chi connectivity index (χ4n) is 3.50. The minimum absolute atomic E-state index is 0.215. The topological polar surface area (TPSA) is 117 Å². The van der Waals surface area contributed by atoms with Crippen LogP contribution in [0.5, 0.6) is 11.5 Å². The lowest BCUT2D eigenvalue weighted by atomic mass is 9.98. The molecule has 9 nitrogen and oxygen atoms in total. The van der Waals surface area contributed by atoms with Gasteiger partial charge in [-0.3, -0.25) is 4.79 Å². The third kappa shape index (κ3) is 4.99. The zero-order valence-corrected chi connectivity index (χ0v) is 18.6. The summed E-state index contributed by atoms with van der Waals surface area (Å²) in [4.78, 5) is 13.0. The first-order chi connectivity index (χ1) is 14.7. The summed E-state index contributed by atoms with van der Waals surface area (Å²) in [6.07, 6.45) is -0.471. The molecule has 1 heterocycles. The number of nitrogens with zero attached hydrogens (tertiary/aromatic N) is 1. The van der Waals surface area contributed by atoms with Crippen LogP contribution in [0, 0.1) is 0 Å². The number of ether oxygens (including phenoxy) is 2. The summed E-state index contributed by atoms with van der Waals surface area (Å²) in [5.41, 5.74) is 1.78. The van der Waals surface area contributed by atoms with Crippen molar-refractivity contribution >= 4 is 21.8 Å². The minimum atomic E-state index is -3.89. The second-order valence-corrected chi connectivity index (χ2v) is 9.11. The molecular formula is C21H27N3O6S. The van der Waals surface area contributed by atoms with E-state index in [9.17, 15) is 18.3 Å². The number of carbonyl (C=O) groups excluding carboxylic acids is 1. The lowest BCUT2D eigenvalue weighted by Crippen LogP contribution is -2.55. The molecule has 1 amide bonds. The SMILES string of the molecule is COc1ccc([C@@H]2C[C@H](C(=O)Nc3cccc([C@H](C)O)c3)N(C)S(=O)(=O)N2)cc1OC. The van der Waals surface area contributed by atoms with Crippen LogP contribution in [0.2, 0.25) is 0 Å².